The summed E-state index contributed by atoms with van der Waals surface area (Å²) in [5.74, 6) is 1.25. The fourth-order valence-electron chi connectivity index (χ4n) is 5.43. The molecule has 48 heavy (non-hydrogen) atoms. The van der Waals surface area contributed by atoms with Gasteiger partial charge in [0.05, 0.1) is 12.5 Å². The van der Waals surface area contributed by atoms with Gasteiger partial charge in [0.25, 0.3) is 5.91 Å². The lowest BCUT2D eigenvalue weighted by Gasteiger charge is -2.19. The number of nitrogens with one attached hydrogen (secondary N) is 1. The second kappa shape index (κ2) is 13.8. The largest absolute Gasteiger partial charge is 0.481 e. The fraction of sp³-hybridized carbons (Fsp3) is 0.146. The molecule has 1 heterocycles. The third kappa shape index (κ3) is 7.70. The van der Waals surface area contributed by atoms with Crippen LogP contribution in [0, 0.1) is 0 Å². The summed E-state index contributed by atoms with van der Waals surface area (Å²) in [4.78, 5) is 29.6. The van der Waals surface area contributed by atoms with E-state index >= 15 is 0 Å². The Morgan fingerprint density at radius 1 is 0.729 bits per heavy atom. The molecule has 7 heteroatoms. The molecule has 1 aromatic heterocycles. The lowest BCUT2D eigenvalue weighted by Crippen LogP contribution is -2.30. The number of amides is 1. The van der Waals surface area contributed by atoms with Crippen molar-refractivity contribution in [2.45, 2.75) is 38.6 Å². The van der Waals surface area contributed by atoms with E-state index in [9.17, 15) is 14.7 Å². The molecule has 2 N–H and O–H groups in total. The van der Waals surface area contributed by atoms with E-state index in [-0.39, 0.29) is 17.5 Å². The number of fused-ring (bicyclic) bond motifs is 1. The highest BCUT2D eigenvalue weighted by Crippen LogP contribution is 2.34. The van der Waals surface area contributed by atoms with Crippen molar-refractivity contribution in [1.82, 2.24) is 10.3 Å². The minimum Gasteiger partial charge on any atom is -0.481 e. The van der Waals surface area contributed by atoms with Crippen LogP contribution in [0.2, 0.25) is 0 Å². The number of hydrogen-bond donors (Lipinski definition) is 2. The normalized spacial score (nSPS) is 11.9. The average Bonchev–Trinajstić information content (AvgIpc) is 3.08. The predicted octanol–water partition coefficient (Wildman–Crippen LogP) is 9.73. The number of aliphatic carboxylic acids is 1. The number of ether oxygens (including phenoxy) is 2. The third-order valence-corrected chi connectivity index (χ3v) is 8.05. The lowest BCUT2D eigenvalue weighted by atomic mass is 9.87. The SMILES string of the molecule is CC(C)(C)c1ccc(Oc2ccc3cnc(C(=O)NC(CC(=O)O)c4ccc(-c5ccccc5Oc5ccccc5)cc4)cc3c2)cc1. The predicted molar refractivity (Wildman–Crippen MR) is 188 cm³/mol. The Hall–Kier alpha value is -5.95. The molecular formula is C41H36N2O5. The van der Waals surface area contributed by atoms with Crippen LogP contribution in [0.25, 0.3) is 21.9 Å². The van der Waals surface area contributed by atoms with Crippen molar-refractivity contribution in [2.24, 2.45) is 0 Å². The monoisotopic (exact) mass is 636 g/mol. The number of carboxylic acid groups (broad SMARTS) is 1. The van der Waals surface area contributed by atoms with E-state index < -0.39 is 17.9 Å². The van der Waals surface area contributed by atoms with E-state index in [2.05, 4.69) is 43.2 Å². The minimum absolute atomic E-state index is 0.0443. The van der Waals surface area contributed by atoms with Gasteiger partial charge in [0.1, 0.15) is 28.7 Å². The average molecular weight is 637 g/mol. The van der Waals surface area contributed by atoms with Crippen LogP contribution in [-0.2, 0) is 10.2 Å². The maximum Gasteiger partial charge on any atom is 0.305 e. The van der Waals surface area contributed by atoms with Gasteiger partial charge in [-0.3, -0.25) is 14.6 Å². The van der Waals surface area contributed by atoms with E-state index in [4.69, 9.17) is 9.47 Å². The van der Waals surface area contributed by atoms with Crippen LogP contribution < -0.4 is 14.8 Å². The second-order valence-corrected chi connectivity index (χ2v) is 12.6. The molecule has 5 aromatic carbocycles. The van der Waals surface area contributed by atoms with Crippen LogP contribution in [0.4, 0.5) is 0 Å². The van der Waals surface area contributed by atoms with Crippen molar-refractivity contribution in [3.8, 4) is 34.1 Å². The molecule has 7 nitrogen and oxygen atoms in total. The molecule has 1 unspecified atom stereocenters. The van der Waals surface area contributed by atoms with E-state index in [1.807, 2.05) is 109 Å². The molecule has 6 rings (SSSR count). The summed E-state index contributed by atoms with van der Waals surface area (Å²) in [7, 11) is 0. The van der Waals surface area contributed by atoms with E-state index in [0.29, 0.717) is 22.8 Å². The zero-order valence-corrected chi connectivity index (χ0v) is 27.0. The maximum absolute atomic E-state index is 13.4. The number of carboxylic acids is 1. The molecular weight excluding hydrogens is 600 g/mol. The van der Waals surface area contributed by atoms with Gasteiger partial charge in [0.15, 0.2) is 0 Å². The topological polar surface area (TPSA) is 97.8 Å². The quantitative estimate of drug-likeness (QED) is 0.155. The molecule has 0 aliphatic carbocycles. The Labute approximate surface area is 279 Å². The van der Waals surface area contributed by atoms with Crippen molar-refractivity contribution >= 4 is 22.6 Å². The van der Waals surface area contributed by atoms with E-state index in [0.717, 1.165) is 27.6 Å². The van der Waals surface area contributed by atoms with Gasteiger partial charge in [-0.25, -0.2) is 0 Å². The Morgan fingerprint density at radius 2 is 1.40 bits per heavy atom. The van der Waals surface area contributed by atoms with Gasteiger partial charge in [-0.15, -0.1) is 0 Å². The molecule has 0 saturated carbocycles. The van der Waals surface area contributed by atoms with Gasteiger partial charge in [-0.05, 0) is 82.1 Å². The van der Waals surface area contributed by atoms with Crippen LogP contribution >= 0.6 is 0 Å². The Bertz CT molecular complexity index is 2050. The number of carbonyl (C=O) groups is 2. The Kier molecular flexibility index (Phi) is 9.21. The molecule has 0 radical (unpaired) electrons. The summed E-state index contributed by atoms with van der Waals surface area (Å²) in [5, 5.41) is 14.2. The van der Waals surface area contributed by atoms with E-state index in [1.165, 1.54) is 5.56 Å². The summed E-state index contributed by atoms with van der Waals surface area (Å²) >= 11 is 0. The van der Waals surface area contributed by atoms with Gasteiger partial charge in [0, 0.05) is 17.1 Å². The highest BCUT2D eigenvalue weighted by Gasteiger charge is 2.21. The first-order chi connectivity index (χ1) is 23.1. The second-order valence-electron chi connectivity index (χ2n) is 12.6. The van der Waals surface area contributed by atoms with Crippen molar-refractivity contribution in [3.05, 3.63) is 150 Å². The molecule has 240 valence electrons. The smallest absolute Gasteiger partial charge is 0.305 e. The van der Waals surface area contributed by atoms with Gasteiger partial charge < -0.3 is 19.9 Å². The van der Waals surface area contributed by atoms with Gasteiger partial charge in [-0.2, -0.15) is 0 Å². The molecule has 0 saturated heterocycles. The summed E-state index contributed by atoms with van der Waals surface area (Å²) in [6, 6.07) is 39.2. The minimum atomic E-state index is -1.03. The number of benzene rings is 5. The Morgan fingerprint density at radius 3 is 2.10 bits per heavy atom. The molecule has 6 aromatic rings. The molecule has 0 bridgehead atoms. The van der Waals surface area contributed by atoms with Gasteiger partial charge >= 0.3 is 5.97 Å². The first kappa shape index (κ1) is 32.0. The molecule has 1 amide bonds. The van der Waals surface area contributed by atoms with Crippen LogP contribution in [0.5, 0.6) is 23.0 Å². The lowest BCUT2D eigenvalue weighted by molar-refractivity contribution is -0.137. The molecule has 1 atom stereocenters. The third-order valence-electron chi connectivity index (χ3n) is 8.05. The first-order valence-electron chi connectivity index (χ1n) is 15.8. The van der Waals surface area contributed by atoms with Crippen LogP contribution in [0.1, 0.15) is 54.8 Å². The van der Waals surface area contributed by atoms with Crippen molar-refractivity contribution < 1.29 is 24.2 Å². The zero-order chi connectivity index (χ0) is 33.7. The number of carbonyl (C=O) groups excluding carboxylic acids is 1. The first-order valence-corrected chi connectivity index (χ1v) is 15.8. The van der Waals surface area contributed by atoms with Crippen LogP contribution in [0.3, 0.4) is 0 Å². The van der Waals surface area contributed by atoms with Crippen LogP contribution in [-0.4, -0.2) is 22.0 Å². The maximum atomic E-state index is 13.4. The number of para-hydroxylation sites is 2. The molecule has 0 aliphatic rings. The summed E-state index contributed by atoms with van der Waals surface area (Å²) < 4.78 is 12.2. The van der Waals surface area contributed by atoms with Crippen LogP contribution in [0.15, 0.2) is 134 Å². The highest BCUT2D eigenvalue weighted by atomic mass is 16.5. The summed E-state index contributed by atoms with van der Waals surface area (Å²) in [6.45, 7) is 6.49. The molecule has 0 aliphatic heterocycles. The fourth-order valence-corrected chi connectivity index (χ4v) is 5.43. The zero-order valence-electron chi connectivity index (χ0n) is 27.0. The van der Waals surface area contributed by atoms with Crippen molar-refractivity contribution in [2.75, 3.05) is 0 Å². The number of rotatable bonds is 10. The Balaban J connectivity index is 1.19. The molecule has 0 spiro atoms. The summed E-state index contributed by atoms with van der Waals surface area (Å²) in [6.07, 6.45) is 1.33. The van der Waals surface area contributed by atoms with Crippen molar-refractivity contribution in [3.63, 3.8) is 0 Å². The van der Waals surface area contributed by atoms with E-state index in [1.54, 1.807) is 12.3 Å². The number of hydrogen-bond acceptors (Lipinski definition) is 5. The number of aromatic nitrogens is 1. The van der Waals surface area contributed by atoms with Crippen molar-refractivity contribution in [1.29, 1.82) is 0 Å². The van der Waals surface area contributed by atoms with Gasteiger partial charge in [-0.1, -0.05) is 93.6 Å². The number of pyridine rings is 1. The standard InChI is InChI=1S/C41H36N2O5/c1-41(2,3)31-18-21-33(22-19-31)47-34-20-17-29-26-42-37(24-30(29)23-34)40(46)43-36(25-39(44)45)28-15-13-27(14-16-28)35-11-7-8-12-38(35)48-32-9-5-4-6-10-32/h4-24,26,36H,25H2,1-3H3,(H,43,46)(H,44,45). The summed E-state index contributed by atoms with van der Waals surface area (Å²) in [5.41, 5.74) is 3.87. The number of nitrogens with zero attached hydrogens (tertiary/aromatic N) is 1. The highest BCUT2D eigenvalue weighted by molar-refractivity contribution is 5.97. The molecule has 0 fully saturated rings. The van der Waals surface area contributed by atoms with Gasteiger partial charge in [0.2, 0.25) is 0 Å².